The third kappa shape index (κ3) is 4.05. The van der Waals surface area contributed by atoms with Crippen molar-refractivity contribution >= 4 is 17.3 Å². The van der Waals surface area contributed by atoms with E-state index in [2.05, 4.69) is 34.5 Å². The summed E-state index contributed by atoms with van der Waals surface area (Å²) >= 11 is 0. The molecule has 1 N–H and O–H groups in total. The van der Waals surface area contributed by atoms with Crippen LogP contribution < -0.4 is 15.0 Å². The van der Waals surface area contributed by atoms with Crippen molar-refractivity contribution in [1.29, 1.82) is 0 Å². The molecule has 0 saturated heterocycles. The van der Waals surface area contributed by atoms with Crippen LogP contribution in [0.5, 0.6) is 5.75 Å². The summed E-state index contributed by atoms with van der Waals surface area (Å²) in [5.41, 5.74) is 4.28. The van der Waals surface area contributed by atoms with Gasteiger partial charge in [0.15, 0.2) is 6.23 Å². The Labute approximate surface area is 148 Å². The van der Waals surface area contributed by atoms with Crippen molar-refractivity contribution < 1.29 is 14.3 Å². The fraction of sp³-hybridized carbons (Fsp3) is 0.350. The highest BCUT2D eigenvalue weighted by Crippen LogP contribution is 2.38. The summed E-state index contributed by atoms with van der Waals surface area (Å²) in [6.45, 7) is 2.24. The van der Waals surface area contributed by atoms with Gasteiger partial charge in [0.25, 0.3) is 0 Å². The van der Waals surface area contributed by atoms with Crippen molar-refractivity contribution in [3.63, 3.8) is 0 Å². The molecule has 1 aliphatic rings. The highest BCUT2D eigenvalue weighted by atomic mass is 16.5. The zero-order valence-corrected chi connectivity index (χ0v) is 14.9. The van der Waals surface area contributed by atoms with Crippen LogP contribution in [0.1, 0.15) is 30.7 Å². The fourth-order valence-corrected chi connectivity index (χ4v) is 2.82. The van der Waals surface area contributed by atoms with E-state index in [4.69, 9.17) is 9.47 Å². The summed E-state index contributed by atoms with van der Waals surface area (Å²) in [6.07, 6.45) is 0.866. The first-order valence-electron chi connectivity index (χ1n) is 8.56. The van der Waals surface area contributed by atoms with Crippen molar-refractivity contribution in [1.82, 2.24) is 0 Å². The van der Waals surface area contributed by atoms with E-state index in [0.717, 1.165) is 28.3 Å². The van der Waals surface area contributed by atoms with E-state index in [9.17, 15) is 4.79 Å². The summed E-state index contributed by atoms with van der Waals surface area (Å²) in [6, 6.07) is 14.3. The monoisotopic (exact) mass is 340 g/mol. The molecule has 1 atom stereocenters. The molecule has 132 valence electrons. The third-order valence-electron chi connectivity index (χ3n) is 4.21. The minimum absolute atomic E-state index is 0.161. The Bertz CT molecular complexity index is 741. The molecule has 0 saturated carbocycles. The van der Waals surface area contributed by atoms with Crippen LogP contribution >= 0.6 is 0 Å². The number of anilines is 2. The molecule has 0 amide bonds. The number of rotatable bonds is 6. The van der Waals surface area contributed by atoms with Crippen molar-refractivity contribution in [2.24, 2.45) is 0 Å². The number of hydrogen-bond donors (Lipinski definition) is 1. The summed E-state index contributed by atoms with van der Waals surface area (Å²) in [7, 11) is 4.04. The van der Waals surface area contributed by atoms with Crippen LogP contribution in [0.3, 0.4) is 0 Å². The number of nitrogens with zero attached hydrogens (tertiary/aromatic N) is 1. The maximum Gasteiger partial charge on any atom is 0.306 e. The van der Waals surface area contributed by atoms with Crippen LogP contribution in [0.2, 0.25) is 0 Å². The number of nitrogens with one attached hydrogen (secondary N) is 1. The first-order valence-corrected chi connectivity index (χ1v) is 8.56. The summed E-state index contributed by atoms with van der Waals surface area (Å²) in [5, 5.41) is 3.40. The lowest BCUT2D eigenvalue weighted by atomic mass is 10.1. The SMILES string of the molecule is CCOC(=O)CCc1ccc2c(c1)N[C@@H](c1ccc(N(C)C)cc1)O2. The molecule has 3 rings (SSSR count). The van der Waals surface area contributed by atoms with E-state index in [0.29, 0.717) is 19.4 Å². The first kappa shape index (κ1) is 17.1. The Balaban J connectivity index is 1.65. The topological polar surface area (TPSA) is 50.8 Å². The lowest BCUT2D eigenvalue weighted by Gasteiger charge is -2.15. The zero-order chi connectivity index (χ0) is 17.8. The highest BCUT2D eigenvalue weighted by Gasteiger charge is 2.23. The molecule has 0 fully saturated rings. The van der Waals surface area contributed by atoms with Crippen LogP contribution in [0.4, 0.5) is 11.4 Å². The molecule has 0 aliphatic carbocycles. The first-order chi connectivity index (χ1) is 12.1. The lowest BCUT2D eigenvalue weighted by molar-refractivity contribution is -0.143. The zero-order valence-electron chi connectivity index (χ0n) is 14.9. The molecule has 0 unspecified atom stereocenters. The van der Waals surface area contributed by atoms with Gasteiger partial charge in [0.1, 0.15) is 5.75 Å². The second kappa shape index (κ2) is 7.47. The Kier molecular flexibility index (Phi) is 5.12. The molecule has 25 heavy (non-hydrogen) atoms. The lowest BCUT2D eigenvalue weighted by Crippen LogP contribution is -2.12. The molecule has 0 aromatic heterocycles. The van der Waals surface area contributed by atoms with Gasteiger partial charge >= 0.3 is 5.97 Å². The number of ether oxygens (including phenoxy) is 2. The molecule has 0 bridgehead atoms. The van der Waals surface area contributed by atoms with Gasteiger partial charge in [-0.1, -0.05) is 18.2 Å². The molecule has 0 spiro atoms. The molecule has 2 aromatic rings. The number of hydrogen-bond acceptors (Lipinski definition) is 5. The minimum atomic E-state index is -0.188. The molecule has 5 heteroatoms. The molecular formula is C20H24N2O3. The van der Waals surface area contributed by atoms with Crippen molar-refractivity contribution in [2.45, 2.75) is 26.0 Å². The molecule has 0 radical (unpaired) electrons. The smallest absolute Gasteiger partial charge is 0.306 e. The number of benzene rings is 2. The van der Waals surface area contributed by atoms with Gasteiger partial charge in [-0.15, -0.1) is 0 Å². The van der Waals surface area contributed by atoms with Gasteiger partial charge in [-0.05, 0) is 43.2 Å². The number of esters is 1. The van der Waals surface area contributed by atoms with E-state index in [1.54, 1.807) is 0 Å². The standard InChI is InChI=1S/C20H24N2O3/c1-4-24-19(23)12-6-14-5-11-18-17(13-14)21-20(25-18)15-7-9-16(10-8-15)22(2)3/h5,7-11,13,20-21H,4,6,12H2,1-3H3/t20-/m1/s1. The average molecular weight is 340 g/mol. The molecule has 5 nitrogen and oxygen atoms in total. The van der Waals surface area contributed by atoms with Crippen molar-refractivity contribution in [2.75, 3.05) is 30.9 Å². The number of carbonyl (C=O) groups excluding carboxylic acids is 1. The van der Waals surface area contributed by atoms with Gasteiger partial charge in [0, 0.05) is 31.8 Å². The van der Waals surface area contributed by atoms with Gasteiger partial charge in [-0.3, -0.25) is 4.79 Å². The third-order valence-corrected chi connectivity index (χ3v) is 4.21. The number of aryl methyl sites for hydroxylation is 1. The van der Waals surface area contributed by atoms with E-state index in [1.165, 1.54) is 0 Å². The van der Waals surface area contributed by atoms with Crippen LogP contribution in [-0.2, 0) is 16.0 Å². The van der Waals surface area contributed by atoms with E-state index >= 15 is 0 Å². The Hall–Kier alpha value is -2.69. The van der Waals surface area contributed by atoms with E-state index < -0.39 is 0 Å². The summed E-state index contributed by atoms with van der Waals surface area (Å²) in [5.74, 6) is 0.674. The van der Waals surface area contributed by atoms with Gasteiger partial charge in [0.2, 0.25) is 0 Å². The maximum absolute atomic E-state index is 11.5. The van der Waals surface area contributed by atoms with Gasteiger partial charge < -0.3 is 19.7 Å². The maximum atomic E-state index is 11.5. The fourth-order valence-electron chi connectivity index (χ4n) is 2.82. The second-order valence-electron chi connectivity index (χ2n) is 6.26. The van der Waals surface area contributed by atoms with Gasteiger partial charge in [-0.2, -0.15) is 0 Å². The van der Waals surface area contributed by atoms with Crippen molar-refractivity contribution in [3.05, 3.63) is 53.6 Å². The Morgan fingerprint density at radius 2 is 1.96 bits per heavy atom. The molecule has 1 aliphatic heterocycles. The molecule has 2 aromatic carbocycles. The molecule has 1 heterocycles. The average Bonchev–Trinajstić information content (AvgIpc) is 3.03. The summed E-state index contributed by atoms with van der Waals surface area (Å²) < 4.78 is 11.0. The van der Waals surface area contributed by atoms with Crippen molar-refractivity contribution in [3.8, 4) is 5.75 Å². The van der Waals surface area contributed by atoms with Crippen LogP contribution in [-0.4, -0.2) is 26.7 Å². The summed E-state index contributed by atoms with van der Waals surface area (Å²) in [4.78, 5) is 13.6. The minimum Gasteiger partial charge on any atom is -0.466 e. The predicted molar refractivity (Wildman–Crippen MR) is 99.2 cm³/mol. The van der Waals surface area contributed by atoms with Gasteiger partial charge in [-0.25, -0.2) is 0 Å². The molecular weight excluding hydrogens is 316 g/mol. The highest BCUT2D eigenvalue weighted by molar-refractivity contribution is 5.70. The normalized spacial score (nSPS) is 15.1. The quantitative estimate of drug-likeness (QED) is 0.812. The number of fused-ring (bicyclic) bond motifs is 1. The second-order valence-corrected chi connectivity index (χ2v) is 6.26. The van der Waals surface area contributed by atoms with Crippen LogP contribution in [0, 0.1) is 0 Å². The van der Waals surface area contributed by atoms with E-state index in [1.807, 2.05) is 39.2 Å². The van der Waals surface area contributed by atoms with Crippen LogP contribution in [0.25, 0.3) is 0 Å². The Morgan fingerprint density at radius 1 is 1.20 bits per heavy atom. The largest absolute Gasteiger partial charge is 0.466 e. The van der Waals surface area contributed by atoms with Crippen LogP contribution in [0.15, 0.2) is 42.5 Å². The van der Waals surface area contributed by atoms with Gasteiger partial charge in [0.05, 0.1) is 12.3 Å². The van der Waals surface area contributed by atoms with E-state index in [-0.39, 0.29) is 12.2 Å². The predicted octanol–water partition coefficient (Wildman–Crippen LogP) is 3.75. The number of carbonyl (C=O) groups is 1. The Morgan fingerprint density at radius 3 is 2.64 bits per heavy atom.